The van der Waals surface area contributed by atoms with Gasteiger partial charge in [0.05, 0.1) is 22.6 Å². The van der Waals surface area contributed by atoms with Crippen LogP contribution >= 0.6 is 0 Å². The van der Waals surface area contributed by atoms with E-state index in [1.165, 1.54) is 36.4 Å². The molecule has 0 atom stereocenters. The predicted molar refractivity (Wildman–Crippen MR) is 205 cm³/mol. The van der Waals surface area contributed by atoms with E-state index < -0.39 is 23.6 Å². The zero-order valence-electron chi connectivity index (χ0n) is 28.5. The van der Waals surface area contributed by atoms with Gasteiger partial charge in [-0.25, -0.2) is 21.7 Å². The first-order chi connectivity index (χ1) is 25.4. The molecular formula is C38H32N10O5. The molecule has 15 nitrogen and oxygen atoms in total. The molecule has 15 heteroatoms. The third kappa shape index (κ3) is 8.27. The minimum absolute atomic E-state index is 0.0162. The summed E-state index contributed by atoms with van der Waals surface area (Å²) in [4.78, 5) is 65.8. The Balaban J connectivity index is 1.45. The van der Waals surface area contributed by atoms with Gasteiger partial charge in [-0.2, -0.15) is 5.11 Å². The van der Waals surface area contributed by atoms with E-state index in [4.69, 9.17) is 11.7 Å². The Hall–Kier alpha value is -7.54. The lowest BCUT2D eigenvalue weighted by Gasteiger charge is -2.20. The third-order valence-electron chi connectivity index (χ3n) is 7.75. The van der Waals surface area contributed by atoms with E-state index in [1.807, 2.05) is 31.1 Å². The van der Waals surface area contributed by atoms with Crippen molar-refractivity contribution in [1.82, 2.24) is 0 Å². The molecule has 4 aromatic rings. The highest BCUT2D eigenvalue weighted by molar-refractivity contribution is 6.12. The molecule has 0 spiro atoms. The van der Waals surface area contributed by atoms with Gasteiger partial charge in [-0.3, -0.25) is 19.2 Å². The van der Waals surface area contributed by atoms with Gasteiger partial charge in [0.2, 0.25) is 5.91 Å². The van der Waals surface area contributed by atoms with Crippen molar-refractivity contribution in [2.75, 3.05) is 39.6 Å². The van der Waals surface area contributed by atoms with Crippen LogP contribution in [0.3, 0.4) is 0 Å². The maximum absolute atomic E-state index is 13.9. The zero-order chi connectivity index (χ0) is 38.2. The van der Waals surface area contributed by atoms with Crippen LogP contribution < -0.4 is 37.2 Å². The maximum atomic E-state index is 13.9. The van der Waals surface area contributed by atoms with Crippen molar-refractivity contribution in [3.8, 4) is 0 Å². The number of nitrogens with one attached hydrogen (secondary N) is 2. The van der Waals surface area contributed by atoms with Gasteiger partial charge < -0.3 is 15.5 Å². The molecular weight excluding hydrogens is 676 g/mol. The Kier molecular flexibility index (Phi) is 11.1. The number of benzene rings is 4. The third-order valence-corrected chi connectivity index (χ3v) is 7.75. The molecule has 0 aromatic heterocycles. The summed E-state index contributed by atoms with van der Waals surface area (Å²) in [5.74, 6) is 9.54. The number of anilines is 5. The molecule has 0 unspecified atom stereocenters. The average molecular weight is 709 g/mol. The molecule has 1 aliphatic carbocycles. The number of hydrogen-bond acceptors (Lipinski definition) is 11. The van der Waals surface area contributed by atoms with Crippen LogP contribution in [0.2, 0.25) is 0 Å². The summed E-state index contributed by atoms with van der Waals surface area (Å²) in [5, 5.41) is 18.6. The van der Waals surface area contributed by atoms with Crippen LogP contribution in [0.25, 0.3) is 12.2 Å². The van der Waals surface area contributed by atoms with E-state index in [1.54, 1.807) is 36.4 Å². The maximum Gasteiger partial charge on any atom is 0.274 e. The number of nitroso groups, excluding NO2 is 1. The molecule has 0 fully saturated rings. The Labute approximate surface area is 303 Å². The molecule has 0 saturated heterocycles. The first-order valence-electron chi connectivity index (χ1n) is 15.6. The summed E-state index contributed by atoms with van der Waals surface area (Å²) in [6.07, 6.45) is 5.15. The summed E-state index contributed by atoms with van der Waals surface area (Å²) in [7, 11) is 3.81. The monoisotopic (exact) mass is 708 g/mol. The Morgan fingerprint density at radius 2 is 1.47 bits per heavy atom. The van der Waals surface area contributed by atoms with Gasteiger partial charge in [-0.15, -0.1) is 10.0 Å². The molecule has 4 aromatic carbocycles. The van der Waals surface area contributed by atoms with Crippen molar-refractivity contribution in [2.45, 2.75) is 0 Å². The largest absolute Gasteiger partial charge is 0.378 e. The number of hydrogen-bond donors (Lipinski definition) is 4. The Bertz CT molecular complexity index is 2320. The van der Waals surface area contributed by atoms with Crippen molar-refractivity contribution in [3.63, 3.8) is 0 Å². The van der Waals surface area contributed by atoms with E-state index in [9.17, 15) is 24.1 Å². The average Bonchev–Trinajstić information content (AvgIpc) is 3.18. The summed E-state index contributed by atoms with van der Waals surface area (Å²) in [6, 6.07) is 18.8. The molecule has 53 heavy (non-hydrogen) atoms. The van der Waals surface area contributed by atoms with E-state index in [2.05, 4.69) is 50.7 Å². The second-order valence-corrected chi connectivity index (χ2v) is 11.5. The SMILES string of the molecule is C=CC(=O)Nc1cc(C(=O)Nc2cccc(N(N)C(=O)c3cc4c(c(/N=N/c5ccc(N(C)C)cc5)c3N=O)C=C=C=C4)c2)cc(N(N)C(=O)C=C)c1. The first-order valence-corrected chi connectivity index (χ1v) is 15.6. The van der Waals surface area contributed by atoms with Crippen LogP contribution in [0.4, 0.5) is 45.5 Å². The van der Waals surface area contributed by atoms with E-state index in [-0.39, 0.29) is 45.3 Å². The van der Waals surface area contributed by atoms with Gasteiger partial charge >= 0.3 is 0 Å². The van der Waals surface area contributed by atoms with Gasteiger partial charge in [0.1, 0.15) is 11.4 Å². The van der Waals surface area contributed by atoms with Crippen LogP contribution in [0.15, 0.2) is 125 Å². The van der Waals surface area contributed by atoms with Gasteiger partial charge in [0.25, 0.3) is 17.7 Å². The normalized spacial score (nSPS) is 11.0. The summed E-state index contributed by atoms with van der Waals surface area (Å²) in [6.45, 7) is 6.82. The number of hydrazine groups is 2. The molecule has 4 amide bonds. The number of fused-ring (bicyclic) bond motifs is 1. The molecule has 1 aliphatic rings. The fourth-order valence-corrected chi connectivity index (χ4v) is 5.04. The number of azo groups is 1. The van der Waals surface area contributed by atoms with Crippen LogP contribution in [0.5, 0.6) is 0 Å². The van der Waals surface area contributed by atoms with Crippen molar-refractivity contribution in [1.29, 1.82) is 0 Å². The molecule has 0 aliphatic heterocycles. The van der Waals surface area contributed by atoms with E-state index >= 15 is 0 Å². The highest BCUT2D eigenvalue weighted by atomic mass is 16.3. The van der Waals surface area contributed by atoms with Gasteiger partial charge in [-0.1, -0.05) is 30.7 Å². The van der Waals surface area contributed by atoms with Crippen molar-refractivity contribution in [3.05, 3.63) is 137 Å². The molecule has 264 valence electrons. The Morgan fingerprint density at radius 1 is 0.755 bits per heavy atom. The highest BCUT2D eigenvalue weighted by Gasteiger charge is 2.26. The molecule has 5 rings (SSSR count). The second kappa shape index (κ2) is 16.0. The second-order valence-electron chi connectivity index (χ2n) is 11.5. The lowest BCUT2D eigenvalue weighted by molar-refractivity contribution is -0.114. The number of carbonyl (C=O) groups is 4. The smallest absolute Gasteiger partial charge is 0.274 e. The number of rotatable bonds is 12. The minimum Gasteiger partial charge on any atom is -0.378 e. The molecule has 6 N–H and O–H groups in total. The van der Waals surface area contributed by atoms with E-state index in [0.717, 1.165) is 27.9 Å². The van der Waals surface area contributed by atoms with Crippen LogP contribution in [0.1, 0.15) is 31.8 Å². The van der Waals surface area contributed by atoms with Crippen LogP contribution in [-0.2, 0) is 9.59 Å². The van der Waals surface area contributed by atoms with Crippen LogP contribution in [-0.4, -0.2) is 37.7 Å². The van der Waals surface area contributed by atoms with Crippen molar-refractivity contribution in [2.24, 2.45) is 27.1 Å². The fraction of sp³-hybridized carbons (Fsp3) is 0.0526. The van der Waals surface area contributed by atoms with Gasteiger partial charge in [-0.05, 0) is 102 Å². The lowest BCUT2D eigenvalue weighted by Crippen LogP contribution is -2.37. The molecule has 0 bridgehead atoms. The first kappa shape index (κ1) is 36.7. The van der Waals surface area contributed by atoms with E-state index in [0.29, 0.717) is 16.8 Å². The number of nitrogens with zero attached hydrogens (tertiary/aromatic N) is 6. The quantitative estimate of drug-likeness (QED) is 0.0209. The fourth-order valence-electron chi connectivity index (χ4n) is 5.04. The number of nitrogens with two attached hydrogens (primary N) is 2. The van der Waals surface area contributed by atoms with Crippen molar-refractivity contribution < 1.29 is 19.2 Å². The Morgan fingerprint density at radius 3 is 2.15 bits per heavy atom. The topological polar surface area (TPSA) is 208 Å². The summed E-state index contributed by atoms with van der Waals surface area (Å²) in [5.41, 5.74) is 8.26. The number of amides is 4. The highest BCUT2D eigenvalue weighted by Crippen LogP contribution is 2.41. The molecule has 0 radical (unpaired) electrons. The summed E-state index contributed by atoms with van der Waals surface area (Å²) >= 11 is 0. The van der Waals surface area contributed by atoms with Gasteiger partial charge in [0.15, 0.2) is 0 Å². The lowest BCUT2D eigenvalue weighted by atomic mass is 9.97. The zero-order valence-corrected chi connectivity index (χ0v) is 28.5. The van der Waals surface area contributed by atoms with Gasteiger partial charge in [0, 0.05) is 42.3 Å². The molecule has 0 heterocycles. The molecule has 0 saturated carbocycles. The minimum atomic E-state index is -0.810. The predicted octanol–water partition coefficient (Wildman–Crippen LogP) is 6.65. The van der Waals surface area contributed by atoms with Crippen molar-refractivity contribution >= 4 is 81.3 Å². The standard InChI is InChI=1S/C38H32N10O5/c1-5-33(49)41-27-18-24(19-30(22-27)47(39)34(50)6-2)37(51)42-26-11-9-12-29(21-26)48(40)38(52)32-20-23-10-7-8-13-31(23)35(36(32)45-53)44-43-25-14-16-28(17-15-25)46(3)4/h5-6,9-22H,1-2,39-40H2,3-4H3,(H,41,49)(H,42,51)/b44-43+. The summed E-state index contributed by atoms with van der Waals surface area (Å²) < 4.78 is 0. The van der Waals surface area contributed by atoms with Crippen LogP contribution in [0, 0.1) is 4.91 Å². The number of carbonyl (C=O) groups excluding carboxylic acids is 4.